The summed E-state index contributed by atoms with van der Waals surface area (Å²) in [7, 11) is 1.62. The molecule has 1 heterocycles. The number of fused-ring (bicyclic) bond motifs is 3. The quantitative estimate of drug-likeness (QED) is 0.623. The molecule has 4 N–H and O–H groups in total. The molecule has 27 heavy (non-hydrogen) atoms. The maximum Gasteiger partial charge on any atom is 0.314 e. The van der Waals surface area contributed by atoms with E-state index in [9.17, 15) is 9.18 Å². The van der Waals surface area contributed by atoms with Crippen molar-refractivity contribution in [1.82, 2.24) is 15.2 Å². The van der Waals surface area contributed by atoms with Crippen molar-refractivity contribution in [2.24, 2.45) is 0 Å². The lowest BCUT2D eigenvalue weighted by Gasteiger charge is -2.25. The van der Waals surface area contributed by atoms with Crippen molar-refractivity contribution < 1.29 is 9.18 Å². The fraction of sp³-hybridized carbons (Fsp3) is 0.286. The van der Waals surface area contributed by atoms with Crippen LogP contribution in [0.4, 0.5) is 14.9 Å². The number of rotatable bonds is 3. The van der Waals surface area contributed by atoms with Crippen LogP contribution in [0.3, 0.4) is 0 Å². The first-order valence-electron chi connectivity index (χ1n) is 9.17. The maximum atomic E-state index is 13.6. The Morgan fingerprint density at radius 1 is 1.30 bits per heavy atom. The number of hydrogen-bond donors (Lipinski definition) is 3. The van der Waals surface area contributed by atoms with Gasteiger partial charge in [0.25, 0.3) is 0 Å². The number of hydrogen-bond acceptors (Lipinski definition) is 2. The number of carbonyl (C=O) groups excluding carboxylic acids is 1. The molecule has 2 aromatic carbocycles. The van der Waals surface area contributed by atoms with Gasteiger partial charge >= 0.3 is 6.03 Å². The minimum atomic E-state index is -0.225. The van der Waals surface area contributed by atoms with Crippen LogP contribution in [0.1, 0.15) is 23.2 Å². The Bertz CT molecular complexity index is 1010. The fourth-order valence-electron chi connectivity index (χ4n) is 4.05. The normalized spacial score (nSPS) is 16.1. The third-order valence-electron chi connectivity index (χ3n) is 5.28. The molecular weight excluding hydrogens is 343 g/mol. The Hall–Kier alpha value is -3.02. The molecule has 6 heteroatoms. The molecule has 140 valence electrons. The van der Waals surface area contributed by atoms with Gasteiger partial charge in [-0.05, 0) is 60.7 Å². The highest BCUT2D eigenvalue weighted by Crippen LogP contribution is 2.34. The lowest BCUT2D eigenvalue weighted by Crippen LogP contribution is -2.43. The first-order chi connectivity index (χ1) is 13.0. The number of urea groups is 1. The van der Waals surface area contributed by atoms with Gasteiger partial charge in [-0.25, -0.2) is 9.18 Å². The average Bonchev–Trinajstić information content (AvgIpc) is 2.94. The predicted octanol–water partition coefficient (Wildman–Crippen LogP) is 3.20. The molecule has 0 saturated heterocycles. The SMILES string of the molecule is CNC(=O)NC1CCc2c(c3cc(N)ccc3n2Cc2cccc(F)c2)C1. The predicted molar refractivity (Wildman–Crippen MR) is 105 cm³/mol. The van der Waals surface area contributed by atoms with Gasteiger partial charge in [-0.1, -0.05) is 12.1 Å². The Balaban J connectivity index is 1.76. The summed E-state index contributed by atoms with van der Waals surface area (Å²) in [6.07, 6.45) is 2.49. The topological polar surface area (TPSA) is 72.1 Å². The Morgan fingerprint density at radius 3 is 2.93 bits per heavy atom. The Morgan fingerprint density at radius 2 is 2.15 bits per heavy atom. The number of halogens is 1. The van der Waals surface area contributed by atoms with Crippen LogP contribution >= 0.6 is 0 Å². The largest absolute Gasteiger partial charge is 0.399 e. The van der Waals surface area contributed by atoms with Crippen LogP contribution in [0.2, 0.25) is 0 Å². The summed E-state index contributed by atoms with van der Waals surface area (Å²) >= 11 is 0. The van der Waals surface area contributed by atoms with E-state index >= 15 is 0 Å². The third kappa shape index (κ3) is 3.35. The molecule has 2 amide bonds. The van der Waals surface area contributed by atoms with Crippen LogP contribution in [-0.4, -0.2) is 23.7 Å². The highest BCUT2D eigenvalue weighted by molar-refractivity contribution is 5.89. The van der Waals surface area contributed by atoms with E-state index in [1.54, 1.807) is 19.2 Å². The van der Waals surface area contributed by atoms with Crippen molar-refractivity contribution >= 4 is 22.6 Å². The number of carbonyl (C=O) groups is 1. The number of benzene rings is 2. The second-order valence-electron chi connectivity index (χ2n) is 7.08. The van der Waals surface area contributed by atoms with Crippen molar-refractivity contribution in [3.63, 3.8) is 0 Å². The summed E-state index contributed by atoms with van der Waals surface area (Å²) in [5.74, 6) is -0.225. The number of aromatic nitrogens is 1. The van der Waals surface area contributed by atoms with Crippen LogP contribution in [0.5, 0.6) is 0 Å². The van der Waals surface area contributed by atoms with E-state index in [0.717, 1.165) is 41.4 Å². The number of nitrogen functional groups attached to an aromatic ring is 1. The van der Waals surface area contributed by atoms with E-state index < -0.39 is 0 Å². The van der Waals surface area contributed by atoms with Gasteiger partial charge in [-0.2, -0.15) is 0 Å². The molecule has 5 nitrogen and oxygen atoms in total. The number of nitrogens with one attached hydrogen (secondary N) is 2. The zero-order valence-corrected chi connectivity index (χ0v) is 15.3. The summed E-state index contributed by atoms with van der Waals surface area (Å²) in [4.78, 5) is 11.7. The molecule has 0 spiro atoms. The van der Waals surface area contributed by atoms with Crippen LogP contribution in [-0.2, 0) is 19.4 Å². The van der Waals surface area contributed by atoms with Crippen LogP contribution in [0.15, 0.2) is 42.5 Å². The lowest BCUT2D eigenvalue weighted by atomic mass is 9.91. The summed E-state index contributed by atoms with van der Waals surface area (Å²) < 4.78 is 15.9. The lowest BCUT2D eigenvalue weighted by molar-refractivity contribution is 0.237. The van der Waals surface area contributed by atoms with Gasteiger partial charge in [0.05, 0.1) is 0 Å². The second kappa shape index (κ2) is 6.95. The summed E-state index contributed by atoms with van der Waals surface area (Å²) in [5.41, 5.74) is 11.2. The fourth-order valence-corrected chi connectivity index (χ4v) is 4.05. The maximum absolute atomic E-state index is 13.6. The molecule has 4 rings (SSSR count). The highest BCUT2D eigenvalue weighted by atomic mass is 19.1. The van der Waals surface area contributed by atoms with Crippen molar-refractivity contribution in [2.45, 2.75) is 31.8 Å². The summed E-state index contributed by atoms with van der Waals surface area (Å²) in [6, 6.07) is 12.6. The van der Waals surface area contributed by atoms with Crippen molar-refractivity contribution in [3.05, 3.63) is 65.1 Å². The third-order valence-corrected chi connectivity index (χ3v) is 5.28. The number of nitrogens with zero attached hydrogens (tertiary/aromatic N) is 1. The Labute approximate surface area is 157 Å². The molecule has 3 aromatic rings. The molecule has 1 aliphatic rings. The van der Waals surface area contributed by atoms with Gasteiger partial charge in [0.2, 0.25) is 0 Å². The molecule has 1 atom stereocenters. The van der Waals surface area contributed by atoms with Crippen molar-refractivity contribution in [1.29, 1.82) is 0 Å². The molecule has 0 radical (unpaired) electrons. The van der Waals surface area contributed by atoms with E-state index in [1.165, 1.54) is 17.3 Å². The van der Waals surface area contributed by atoms with Gasteiger partial charge in [-0.3, -0.25) is 0 Å². The zero-order valence-electron chi connectivity index (χ0n) is 15.3. The number of anilines is 1. The summed E-state index contributed by atoms with van der Waals surface area (Å²) in [6.45, 7) is 0.612. The first-order valence-corrected chi connectivity index (χ1v) is 9.17. The molecule has 0 bridgehead atoms. The van der Waals surface area contributed by atoms with E-state index in [-0.39, 0.29) is 17.9 Å². The van der Waals surface area contributed by atoms with Gasteiger partial charge < -0.3 is 20.9 Å². The second-order valence-corrected chi connectivity index (χ2v) is 7.08. The smallest absolute Gasteiger partial charge is 0.314 e. The van der Waals surface area contributed by atoms with Crippen LogP contribution < -0.4 is 16.4 Å². The Kier molecular flexibility index (Phi) is 4.48. The zero-order chi connectivity index (χ0) is 19.0. The van der Waals surface area contributed by atoms with Crippen LogP contribution in [0.25, 0.3) is 10.9 Å². The van der Waals surface area contributed by atoms with Gasteiger partial charge in [0.15, 0.2) is 0 Å². The summed E-state index contributed by atoms with van der Waals surface area (Å²) in [5, 5.41) is 6.75. The minimum Gasteiger partial charge on any atom is -0.399 e. The van der Waals surface area contributed by atoms with Crippen molar-refractivity contribution in [3.8, 4) is 0 Å². The van der Waals surface area contributed by atoms with E-state index in [2.05, 4.69) is 15.2 Å². The average molecular weight is 366 g/mol. The molecule has 1 aliphatic carbocycles. The molecule has 1 unspecified atom stereocenters. The monoisotopic (exact) mass is 366 g/mol. The first kappa shape index (κ1) is 17.4. The van der Waals surface area contributed by atoms with Gasteiger partial charge in [0.1, 0.15) is 5.82 Å². The molecule has 0 aliphatic heterocycles. The van der Waals surface area contributed by atoms with Gasteiger partial charge in [0, 0.05) is 41.9 Å². The molecule has 0 fully saturated rings. The number of nitrogens with two attached hydrogens (primary N) is 1. The molecular formula is C21H23FN4O. The molecule has 0 saturated carbocycles. The highest BCUT2D eigenvalue weighted by Gasteiger charge is 2.26. The van der Waals surface area contributed by atoms with E-state index in [1.807, 2.05) is 24.3 Å². The molecule has 1 aromatic heterocycles. The van der Waals surface area contributed by atoms with E-state index in [4.69, 9.17) is 5.73 Å². The standard InChI is InChI=1S/C21H23FN4O/c1-24-21(27)25-16-6-8-20-18(11-16)17-10-15(23)5-7-19(17)26(20)12-13-3-2-4-14(22)9-13/h2-5,7,9-10,16H,6,8,11-12,23H2,1H3,(H2,24,25,27). The van der Waals surface area contributed by atoms with E-state index in [0.29, 0.717) is 6.54 Å². The minimum absolute atomic E-state index is 0.0899. The van der Waals surface area contributed by atoms with Crippen LogP contribution in [0, 0.1) is 5.82 Å². The van der Waals surface area contributed by atoms with Gasteiger partial charge in [-0.15, -0.1) is 0 Å². The number of amides is 2. The van der Waals surface area contributed by atoms with Crippen molar-refractivity contribution in [2.75, 3.05) is 12.8 Å².